The fourth-order valence-corrected chi connectivity index (χ4v) is 4.62. The molecule has 1 saturated heterocycles. The highest BCUT2D eigenvalue weighted by atomic mass is 19.4. The number of rotatable bonds is 8. The van der Waals surface area contributed by atoms with Crippen molar-refractivity contribution in [3.63, 3.8) is 0 Å². The number of aryl methyl sites for hydroxylation is 1. The maximum absolute atomic E-state index is 13.8. The van der Waals surface area contributed by atoms with Gasteiger partial charge < -0.3 is 25.8 Å². The number of hydrogen-bond donors (Lipinski definition) is 4. The van der Waals surface area contributed by atoms with Crippen molar-refractivity contribution in [1.29, 1.82) is 0 Å². The second-order valence-electron chi connectivity index (χ2n) is 9.61. The Balaban J connectivity index is 1.44. The molecule has 0 spiro atoms. The molecule has 5 rings (SSSR count). The van der Waals surface area contributed by atoms with E-state index < -0.39 is 25.0 Å². The molecule has 3 atom stereocenters. The van der Waals surface area contributed by atoms with Crippen LogP contribution in [0.5, 0.6) is 11.6 Å². The Labute approximate surface area is 227 Å². The van der Waals surface area contributed by atoms with Gasteiger partial charge in [0.1, 0.15) is 11.9 Å². The molecule has 1 fully saturated rings. The van der Waals surface area contributed by atoms with Crippen molar-refractivity contribution in [3.05, 3.63) is 66.5 Å². The van der Waals surface area contributed by atoms with Gasteiger partial charge in [-0.25, -0.2) is 19.3 Å². The van der Waals surface area contributed by atoms with E-state index in [0.29, 0.717) is 64.5 Å². The summed E-state index contributed by atoms with van der Waals surface area (Å²) in [5, 5.41) is 19.6. The molecule has 1 aliphatic rings. The van der Waals surface area contributed by atoms with Gasteiger partial charge in [-0.3, -0.25) is 0 Å². The maximum atomic E-state index is 13.8. The predicted octanol–water partition coefficient (Wildman–Crippen LogP) is 5.24. The standard InChI is InChI=1S/C28H28F4N6O2/c1-16-11-23(36-15-24(39)28(30,31)32)19-5-2-3-6-20(19)25(16)40-26-21(7-4-9-34-26)22-8-10-35-27(38-22)37-18-12-17(29)13-33-14-18/h2-11,17-18,24,33,36,39H,12-15H2,1H3,(H,35,37,38)/t17-,18-,24?/m0/s1. The molecule has 0 amide bonds. The van der Waals surface area contributed by atoms with E-state index in [2.05, 4.69) is 30.9 Å². The zero-order valence-corrected chi connectivity index (χ0v) is 21.5. The van der Waals surface area contributed by atoms with Crippen LogP contribution < -0.4 is 20.7 Å². The lowest BCUT2D eigenvalue weighted by Gasteiger charge is -2.26. The molecule has 0 saturated carbocycles. The molecule has 1 aliphatic heterocycles. The lowest BCUT2D eigenvalue weighted by atomic mass is 10.0. The van der Waals surface area contributed by atoms with Crippen molar-refractivity contribution >= 4 is 22.4 Å². The fourth-order valence-electron chi connectivity index (χ4n) is 4.62. The Bertz CT molecular complexity index is 1490. The Kier molecular flexibility index (Phi) is 7.99. The van der Waals surface area contributed by atoms with Crippen molar-refractivity contribution < 1.29 is 27.4 Å². The number of aliphatic hydroxyl groups is 1. The third-order valence-electron chi connectivity index (χ3n) is 6.58. The van der Waals surface area contributed by atoms with Crippen molar-refractivity contribution in [3.8, 4) is 22.9 Å². The van der Waals surface area contributed by atoms with E-state index in [1.54, 1.807) is 67.8 Å². The molecule has 0 radical (unpaired) electrons. The summed E-state index contributed by atoms with van der Waals surface area (Å²) >= 11 is 0. The number of benzene rings is 2. The second kappa shape index (κ2) is 11.6. The molecule has 210 valence electrons. The number of ether oxygens (including phenoxy) is 1. The lowest BCUT2D eigenvalue weighted by molar-refractivity contribution is -0.198. The summed E-state index contributed by atoms with van der Waals surface area (Å²) in [6, 6.07) is 13.9. The zero-order chi connectivity index (χ0) is 28.3. The van der Waals surface area contributed by atoms with Gasteiger partial charge in [0.25, 0.3) is 0 Å². The first kappa shape index (κ1) is 27.5. The SMILES string of the molecule is Cc1cc(NCC(O)C(F)(F)F)c2ccccc2c1Oc1ncccc1-c1ccnc(N[C@@H]2CNC[C@@H](F)C2)n1. The Morgan fingerprint density at radius 3 is 2.65 bits per heavy atom. The van der Waals surface area contributed by atoms with E-state index in [0.717, 1.165) is 0 Å². The normalized spacial score (nSPS) is 18.4. The van der Waals surface area contributed by atoms with Gasteiger partial charge in [-0.1, -0.05) is 24.3 Å². The zero-order valence-electron chi connectivity index (χ0n) is 21.5. The fraction of sp³-hybridized carbons (Fsp3) is 0.321. The van der Waals surface area contributed by atoms with Crippen molar-refractivity contribution in [2.45, 2.75) is 37.8 Å². The summed E-state index contributed by atoms with van der Waals surface area (Å²) in [6.45, 7) is 2.01. The van der Waals surface area contributed by atoms with Gasteiger partial charge in [-0.2, -0.15) is 13.2 Å². The molecule has 0 aliphatic carbocycles. The number of alkyl halides is 4. The van der Waals surface area contributed by atoms with Crippen molar-refractivity contribution in [1.82, 2.24) is 20.3 Å². The molecule has 4 N–H and O–H groups in total. The molecular formula is C28H28F4N6O2. The summed E-state index contributed by atoms with van der Waals surface area (Å²) in [5.41, 5.74) is 2.22. The summed E-state index contributed by atoms with van der Waals surface area (Å²) in [6.07, 6.45) is -4.63. The number of fused-ring (bicyclic) bond motifs is 1. The molecule has 12 heteroatoms. The summed E-state index contributed by atoms with van der Waals surface area (Å²) in [7, 11) is 0. The molecule has 1 unspecified atom stereocenters. The highest BCUT2D eigenvalue weighted by molar-refractivity contribution is 5.99. The molecule has 0 bridgehead atoms. The van der Waals surface area contributed by atoms with E-state index in [1.807, 2.05) is 0 Å². The van der Waals surface area contributed by atoms with Gasteiger partial charge in [0.15, 0.2) is 6.10 Å². The number of halogens is 4. The smallest absolute Gasteiger partial charge is 0.416 e. The number of piperidine rings is 1. The number of nitrogens with one attached hydrogen (secondary N) is 3. The van der Waals surface area contributed by atoms with E-state index in [9.17, 15) is 22.7 Å². The van der Waals surface area contributed by atoms with Crippen LogP contribution in [0.15, 0.2) is 60.9 Å². The molecule has 2 aromatic heterocycles. The summed E-state index contributed by atoms with van der Waals surface area (Å²) < 4.78 is 58.7. The van der Waals surface area contributed by atoms with Gasteiger partial charge >= 0.3 is 6.18 Å². The quantitative estimate of drug-likeness (QED) is 0.219. The number of aromatic nitrogens is 3. The largest absolute Gasteiger partial charge is 0.437 e. The van der Waals surface area contributed by atoms with Crippen LogP contribution in [-0.4, -0.2) is 64.2 Å². The molecule has 8 nitrogen and oxygen atoms in total. The molecular weight excluding hydrogens is 528 g/mol. The van der Waals surface area contributed by atoms with Crippen LogP contribution in [0.25, 0.3) is 22.0 Å². The van der Waals surface area contributed by atoms with Crippen LogP contribution in [0.3, 0.4) is 0 Å². The van der Waals surface area contributed by atoms with E-state index in [-0.39, 0.29) is 11.9 Å². The minimum absolute atomic E-state index is 0.151. The molecule has 2 aromatic carbocycles. The maximum Gasteiger partial charge on any atom is 0.416 e. The number of hydrogen-bond acceptors (Lipinski definition) is 8. The van der Waals surface area contributed by atoms with Gasteiger partial charge in [0.2, 0.25) is 11.8 Å². The van der Waals surface area contributed by atoms with Crippen LogP contribution in [0.2, 0.25) is 0 Å². The Hall–Kier alpha value is -4.03. The van der Waals surface area contributed by atoms with E-state index >= 15 is 0 Å². The van der Waals surface area contributed by atoms with Gasteiger partial charge in [0, 0.05) is 61.0 Å². The van der Waals surface area contributed by atoms with Crippen LogP contribution in [0, 0.1) is 6.92 Å². The topological polar surface area (TPSA) is 104 Å². The first-order valence-electron chi connectivity index (χ1n) is 12.8. The minimum Gasteiger partial charge on any atom is -0.437 e. The number of nitrogens with zero attached hydrogens (tertiary/aromatic N) is 3. The molecule has 4 aromatic rings. The highest BCUT2D eigenvalue weighted by Crippen LogP contribution is 2.39. The monoisotopic (exact) mass is 556 g/mol. The highest BCUT2D eigenvalue weighted by Gasteiger charge is 2.38. The van der Waals surface area contributed by atoms with Crippen molar-refractivity contribution in [2.75, 3.05) is 30.3 Å². The first-order chi connectivity index (χ1) is 19.2. The average Bonchev–Trinajstić information content (AvgIpc) is 2.93. The van der Waals surface area contributed by atoms with Gasteiger partial charge in [-0.05, 0) is 36.8 Å². The molecule has 3 heterocycles. The predicted molar refractivity (Wildman–Crippen MR) is 144 cm³/mol. The number of anilines is 2. The Morgan fingerprint density at radius 2 is 1.88 bits per heavy atom. The van der Waals surface area contributed by atoms with Crippen LogP contribution in [-0.2, 0) is 0 Å². The van der Waals surface area contributed by atoms with Gasteiger partial charge in [-0.15, -0.1) is 0 Å². The number of pyridine rings is 1. The van der Waals surface area contributed by atoms with Crippen molar-refractivity contribution in [2.24, 2.45) is 0 Å². The summed E-state index contributed by atoms with van der Waals surface area (Å²) in [5.74, 6) is 1.11. The third kappa shape index (κ3) is 6.23. The molecule has 40 heavy (non-hydrogen) atoms. The van der Waals surface area contributed by atoms with E-state index in [4.69, 9.17) is 4.74 Å². The second-order valence-corrected chi connectivity index (χ2v) is 9.61. The first-order valence-corrected chi connectivity index (χ1v) is 12.8. The van der Waals surface area contributed by atoms with Crippen LogP contribution in [0.1, 0.15) is 12.0 Å². The lowest BCUT2D eigenvalue weighted by Crippen LogP contribution is -2.44. The Morgan fingerprint density at radius 1 is 1.07 bits per heavy atom. The van der Waals surface area contributed by atoms with Crippen LogP contribution >= 0.6 is 0 Å². The summed E-state index contributed by atoms with van der Waals surface area (Å²) in [4.78, 5) is 13.3. The minimum atomic E-state index is -4.73. The van der Waals surface area contributed by atoms with Gasteiger partial charge in [0.05, 0.1) is 11.3 Å². The van der Waals surface area contributed by atoms with E-state index in [1.165, 1.54) is 0 Å². The third-order valence-corrected chi connectivity index (χ3v) is 6.58. The number of aliphatic hydroxyl groups excluding tert-OH is 1. The average molecular weight is 557 g/mol. The van der Waals surface area contributed by atoms with Crippen LogP contribution in [0.4, 0.5) is 29.2 Å².